The van der Waals surface area contributed by atoms with Crippen LogP contribution in [0.25, 0.3) is 0 Å². The van der Waals surface area contributed by atoms with Crippen LogP contribution in [0.5, 0.6) is 0 Å². The second kappa shape index (κ2) is 8.13. The number of rotatable bonds is 7. The van der Waals surface area contributed by atoms with E-state index in [-0.39, 0.29) is 17.4 Å². The van der Waals surface area contributed by atoms with Gasteiger partial charge in [0.05, 0.1) is 11.5 Å². The third-order valence-electron chi connectivity index (χ3n) is 3.76. The first-order chi connectivity index (χ1) is 11.1. The molecule has 0 aliphatic rings. The van der Waals surface area contributed by atoms with Crippen LogP contribution in [0, 0.1) is 0 Å². The van der Waals surface area contributed by atoms with Gasteiger partial charge in [-0.3, -0.25) is 4.79 Å². The molecule has 0 aromatic heterocycles. The van der Waals surface area contributed by atoms with Crippen LogP contribution in [0.3, 0.4) is 0 Å². The van der Waals surface area contributed by atoms with Gasteiger partial charge in [0.15, 0.2) is 0 Å². The molecule has 120 valence electrons. The summed E-state index contributed by atoms with van der Waals surface area (Å²) in [6.07, 6.45) is 1.73. The van der Waals surface area contributed by atoms with Crippen molar-refractivity contribution in [3.63, 3.8) is 0 Å². The average Bonchev–Trinajstić information content (AvgIpc) is 2.58. The van der Waals surface area contributed by atoms with Gasteiger partial charge in [0.25, 0.3) is 0 Å². The molecule has 0 fully saturated rings. The highest BCUT2D eigenvalue weighted by atomic mass is 16.4. The van der Waals surface area contributed by atoms with Crippen LogP contribution in [0.1, 0.15) is 47.2 Å². The Hall–Kier alpha value is -2.62. The number of benzene rings is 2. The Morgan fingerprint density at radius 1 is 1.04 bits per heavy atom. The van der Waals surface area contributed by atoms with E-state index >= 15 is 0 Å². The molecule has 1 amide bonds. The Morgan fingerprint density at radius 3 is 2.26 bits per heavy atom. The van der Waals surface area contributed by atoms with Gasteiger partial charge in [-0.15, -0.1) is 0 Å². The van der Waals surface area contributed by atoms with E-state index in [1.807, 2.05) is 30.3 Å². The lowest BCUT2D eigenvalue weighted by Gasteiger charge is -2.16. The average molecular weight is 311 g/mol. The highest BCUT2D eigenvalue weighted by molar-refractivity contribution is 5.87. The summed E-state index contributed by atoms with van der Waals surface area (Å²) in [6.45, 7) is 2.46. The van der Waals surface area contributed by atoms with Crippen molar-refractivity contribution in [2.75, 3.05) is 0 Å². The van der Waals surface area contributed by atoms with Gasteiger partial charge in [0.1, 0.15) is 0 Å². The van der Waals surface area contributed by atoms with Gasteiger partial charge in [0, 0.05) is 6.54 Å². The van der Waals surface area contributed by atoms with Crippen LogP contribution in [0.15, 0.2) is 54.6 Å². The molecule has 0 aliphatic heterocycles. The number of carboxylic acids is 1. The normalized spacial score (nSPS) is 11.7. The molecule has 4 heteroatoms. The number of carbonyl (C=O) groups is 2. The molecule has 2 aromatic rings. The Labute approximate surface area is 136 Å². The summed E-state index contributed by atoms with van der Waals surface area (Å²) in [6, 6.07) is 16.3. The third kappa shape index (κ3) is 4.68. The zero-order valence-corrected chi connectivity index (χ0v) is 13.2. The highest BCUT2D eigenvalue weighted by Gasteiger charge is 2.19. The van der Waals surface area contributed by atoms with Crippen LogP contribution in [0.2, 0.25) is 0 Å². The minimum absolute atomic E-state index is 0.000334. The number of hydrogen-bond acceptors (Lipinski definition) is 2. The number of nitrogens with one attached hydrogen (secondary N) is 1. The fraction of sp³-hybridized carbons (Fsp3) is 0.263. The van der Waals surface area contributed by atoms with E-state index < -0.39 is 5.97 Å². The standard InChI is InChI=1S/C19H21NO3/c1-2-6-17(15-7-4-3-5-8-15)18(21)20-13-14-9-11-16(12-10-14)19(22)23/h3-5,7-12,17H,2,6,13H2,1H3,(H,20,21)(H,22,23). The maximum Gasteiger partial charge on any atom is 0.335 e. The lowest BCUT2D eigenvalue weighted by molar-refractivity contribution is -0.122. The smallest absolute Gasteiger partial charge is 0.335 e. The molecule has 0 radical (unpaired) electrons. The lowest BCUT2D eigenvalue weighted by atomic mass is 9.93. The molecule has 2 N–H and O–H groups in total. The van der Waals surface area contributed by atoms with Crippen LogP contribution in [-0.4, -0.2) is 17.0 Å². The maximum atomic E-state index is 12.5. The van der Waals surface area contributed by atoms with Crippen LogP contribution < -0.4 is 5.32 Å². The lowest BCUT2D eigenvalue weighted by Crippen LogP contribution is -2.29. The van der Waals surface area contributed by atoms with Crippen molar-refractivity contribution in [3.8, 4) is 0 Å². The first kappa shape index (κ1) is 16.7. The van der Waals surface area contributed by atoms with Crippen molar-refractivity contribution in [3.05, 3.63) is 71.3 Å². The fourth-order valence-electron chi connectivity index (χ4n) is 2.50. The van der Waals surface area contributed by atoms with Crippen molar-refractivity contribution in [1.29, 1.82) is 0 Å². The molecule has 0 aliphatic carbocycles. The third-order valence-corrected chi connectivity index (χ3v) is 3.76. The zero-order valence-electron chi connectivity index (χ0n) is 13.2. The van der Waals surface area contributed by atoms with Crippen LogP contribution in [-0.2, 0) is 11.3 Å². The van der Waals surface area contributed by atoms with Crippen molar-refractivity contribution >= 4 is 11.9 Å². The molecular formula is C19H21NO3. The maximum absolute atomic E-state index is 12.5. The number of carboxylic acid groups (broad SMARTS) is 1. The van der Waals surface area contributed by atoms with Crippen LogP contribution >= 0.6 is 0 Å². The summed E-state index contributed by atoms with van der Waals surface area (Å²) in [4.78, 5) is 23.3. The zero-order chi connectivity index (χ0) is 16.7. The van der Waals surface area contributed by atoms with Gasteiger partial charge < -0.3 is 10.4 Å². The van der Waals surface area contributed by atoms with E-state index in [4.69, 9.17) is 5.11 Å². The summed E-state index contributed by atoms with van der Waals surface area (Å²) in [5.41, 5.74) is 2.15. The molecule has 4 nitrogen and oxygen atoms in total. The molecule has 0 heterocycles. The molecule has 23 heavy (non-hydrogen) atoms. The summed E-state index contributed by atoms with van der Waals surface area (Å²) < 4.78 is 0. The summed E-state index contributed by atoms with van der Waals surface area (Å²) >= 11 is 0. The predicted octanol–water partition coefficient (Wildman–Crippen LogP) is 3.58. The van der Waals surface area contributed by atoms with E-state index in [1.165, 1.54) is 0 Å². The minimum atomic E-state index is -0.951. The number of carbonyl (C=O) groups excluding carboxylic acids is 1. The minimum Gasteiger partial charge on any atom is -0.478 e. The number of amides is 1. The van der Waals surface area contributed by atoms with E-state index in [2.05, 4.69) is 12.2 Å². The second-order valence-corrected chi connectivity index (χ2v) is 5.47. The van der Waals surface area contributed by atoms with Crippen molar-refractivity contribution in [1.82, 2.24) is 5.32 Å². The highest BCUT2D eigenvalue weighted by Crippen LogP contribution is 2.21. The first-order valence-corrected chi connectivity index (χ1v) is 7.76. The fourth-order valence-corrected chi connectivity index (χ4v) is 2.50. The van der Waals surface area contributed by atoms with E-state index in [0.29, 0.717) is 6.54 Å². The molecule has 2 aromatic carbocycles. The van der Waals surface area contributed by atoms with Gasteiger partial charge in [-0.2, -0.15) is 0 Å². The van der Waals surface area contributed by atoms with Gasteiger partial charge in [-0.05, 0) is 29.7 Å². The summed E-state index contributed by atoms with van der Waals surface area (Å²) in [5, 5.41) is 11.8. The van der Waals surface area contributed by atoms with Crippen molar-refractivity contribution < 1.29 is 14.7 Å². The van der Waals surface area contributed by atoms with Crippen molar-refractivity contribution in [2.45, 2.75) is 32.2 Å². The van der Waals surface area contributed by atoms with E-state index in [9.17, 15) is 9.59 Å². The quantitative estimate of drug-likeness (QED) is 0.821. The second-order valence-electron chi connectivity index (χ2n) is 5.47. The number of hydrogen-bond donors (Lipinski definition) is 2. The van der Waals surface area contributed by atoms with Gasteiger partial charge >= 0.3 is 5.97 Å². The Morgan fingerprint density at radius 2 is 1.70 bits per heavy atom. The SMILES string of the molecule is CCCC(C(=O)NCc1ccc(C(=O)O)cc1)c1ccccc1. The molecule has 2 rings (SSSR count). The Kier molecular flexibility index (Phi) is 5.92. The molecule has 0 bridgehead atoms. The van der Waals surface area contributed by atoms with E-state index in [0.717, 1.165) is 24.0 Å². The molecule has 0 spiro atoms. The topological polar surface area (TPSA) is 66.4 Å². The summed E-state index contributed by atoms with van der Waals surface area (Å²) in [5.74, 6) is -1.10. The molecule has 1 unspecified atom stereocenters. The molecule has 0 saturated heterocycles. The monoisotopic (exact) mass is 311 g/mol. The predicted molar refractivity (Wildman–Crippen MR) is 89.3 cm³/mol. The van der Waals surface area contributed by atoms with Crippen LogP contribution in [0.4, 0.5) is 0 Å². The Bertz CT molecular complexity index is 650. The van der Waals surface area contributed by atoms with E-state index in [1.54, 1.807) is 24.3 Å². The molecular weight excluding hydrogens is 290 g/mol. The number of aromatic carboxylic acids is 1. The van der Waals surface area contributed by atoms with Gasteiger partial charge in [-0.25, -0.2) is 4.79 Å². The van der Waals surface area contributed by atoms with Gasteiger partial charge in [0.2, 0.25) is 5.91 Å². The molecule has 1 atom stereocenters. The first-order valence-electron chi connectivity index (χ1n) is 7.76. The van der Waals surface area contributed by atoms with Crippen molar-refractivity contribution in [2.24, 2.45) is 0 Å². The molecule has 0 saturated carbocycles. The van der Waals surface area contributed by atoms with Gasteiger partial charge in [-0.1, -0.05) is 55.8 Å². The summed E-state index contributed by atoms with van der Waals surface area (Å²) in [7, 11) is 0. The Balaban J connectivity index is 2.00. The largest absolute Gasteiger partial charge is 0.478 e.